The molecule has 1 amide bonds. The van der Waals surface area contributed by atoms with Crippen LogP contribution in [0.1, 0.15) is 5.56 Å². The summed E-state index contributed by atoms with van der Waals surface area (Å²) in [6.45, 7) is 2.07. The number of carbonyl (C=O) groups excluding carboxylic acids is 1. The topological polar surface area (TPSA) is 79.9 Å². The van der Waals surface area contributed by atoms with Gasteiger partial charge in [-0.1, -0.05) is 47.7 Å². The number of nitrogens with zero attached hydrogens (tertiary/aromatic N) is 2. The number of nitrogens with one attached hydrogen (secondary N) is 2. The summed E-state index contributed by atoms with van der Waals surface area (Å²) in [4.78, 5) is 24.4. The number of aromatic nitrogens is 3. The van der Waals surface area contributed by atoms with Crippen LogP contribution in [0.4, 0.5) is 5.69 Å². The summed E-state index contributed by atoms with van der Waals surface area (Å²) in [6.07, 6.45) is 3.48. The second-order valence-electron chi connectivity index (χ2n) is 6.54. The number of carbonyl (C=O) groups is 1. The van der Waals surface area contributed by atoms with Gasteiger partial charge in [0.25, 0.3) is 0 Å². The molecule has 2 aromatic heterocycles. The molecule has 0 aliphatic carbocycles. The van der Waals surface area contributed by atoms with Crippen molar-refractivity contribution < 1.29 is 9.53 Å². The number of aromatic amines is 1. The van der Waals surface area contributed by atoms with E-state index in [0.29, 0.717) is 11.4 Å². The highest BCUT2D eigenvalue weighted by Crippen LogP contribution is 2.31. The number of aryl methyl sites for hydroxylation is 1. The van der Waals surface area contributed by atoms with Crippen molar-refractivity contribution in [3.05, 3.63) is 66.6 Å². The van der Waals surface area contributed by atoms with E-state index in [9.17, 15) is 4.79 Å². The van der Waals surface area contributed by atoms with Gasteiger partial charge in [0.15, 0.2) is 0 Å². The van der Waals surface area contributed by atoms with Crippen LogP contribution in [0.2, 0.25) is 0 Å². The quantitative estimate of drug-likeness (QED) is 0.360. The third kappa shape index (κ3) is 4.25. The molecule has 0 atom stereocenters. The maximum atomic E-state index is 12.4. The summed E-state index contributed by atoms with van der Waals surface area (Å²) < 4.78 is 5.18. The lowest BCUT2D eigenvalue weighted by Crippen LogP contribution is -2.14. The average molecular weight is 404 g/mol. The molecule has 0 aliphatic heterocycles. The van der Waals surface area contributed by atoms with Crippen LogP contribution in [0, 0.1) is 6.92 Å². The van der Waals surface area contributed by atoms with Crippen molar-refractivity contribution >= 4 is 34.4 Å². The van der Waals surface area contributed by atoms with Crippen LogP contribution in [-0.2, 0) is 4.79 Å². The molecule has 2 heterocycles. The zero-order valence-electron chi connectivity index (χ0n) is 16.1. The van der Waals surface area contributed by atoms with Crippen molar-refractivity contribution in [1.82, 2.24) is 15.0 Å². The van der Waals surface area contributed by atoms with E-state index in [1.807, 2.05) is 30.5 Å². The summed E-state index contributed by atoms with van der Waals surface area (Å²) in [6, 6.07) is 15.6. The number of amides is 1. The predicted octanol–water partition coefficient (Wildman–Crippen LogP) is 4.67. The van der Waals surface area contributed by atoms with E-state index in [1.165, 1.54) is 23.7 Å². The Morgan fingerprint density at radius 2 is 2.03 bits per heavy atom. The molecule has 0 saturated heterocycles. The fraction of sp³-hybridized carbons (Fsp3) is 0.136. The lowest BCUT2D eigenvalue weighted by atomic mass is 10.1. The van der Waals surface area contributed by atoms with E-state index in [-0.39, 0.29) is 11.7 Å². The van der Waals surface area contributed by atoms with Crippen LogP contribution in [-0.4, -0.2) is 33.7 Å². The fourth-order valence-corrected chi connectivity index (χ4v) is 3.85. The molecule has 0 radical (unpaired) electrons. The summed E-state index contributed by atoms with van der Waals surface area (Å²) in [5.41, 5.74) is 5.69. The molecule has 29 heavy (non-hydrogen) atoms. The number of ether oxygens (including phenoxy) is 1. The molecule has 4 rings (SSSR count). The Labute approximate surface area is 172 Å². The molecule has 0 saturated carbocycles. The second-order valence-corrected chi connectivity index (χ2v) is 7.51. The van der Waals surface area contributed by atoms with Gasteiger partial charge in [-0.2, -0.15) is 0 Å². The highest BCUT2D eigenvalue weighted by atomic mass is 32.2. The second kappa shape index (κ2) is 8.36. The van der Waals surface area contributed by atoms with Crippen LogP contribution in [0.25, 0.3) is 22.2 Å². The minimum atomic E-state index is -0.111. The van der Waals surface area contributed by atoms with Crippen LogP contribution in [0.5, 0.6) is 5.75 Å². The third-order valence-electron chi connectivity index (χ3n) is 4.45. The van der Waals surface area contributed by atoms with Crippen LogP contribution >= 0.6 is 11.8 Å². The number of fused-ring (bicyclic) bond motifs is 1. The average Bonchev–Trinajstić information content (AvgIpc) is 3.17. The number of rotatable bonds is 6. The Bertz CT molecular complexity index is 1170. The van der Waals surface area contributed by atoms with Gasteiger partial charge in [0.1, 0.15) is 22.6 Å². The minimum absolute atomic E-state index is 0.111. The van der Waals surface area contributed by atoms with Crippen molar-refractivity contribution in [2.45, 2.75) is 11.9 Å². The first-order valence-electron chi connectivity index (χ1n) is 9.10. The van der Waals surface area contributed by atoms with Crippen LogP contribution in [0.3, 0.4) is 0 Å². The molecule has 0 fully saturated rings. The molecule has 2 aromatic carbocycles. The van der Waals surface area contributed by atoms with Gasteiger partial charge in [-0.15, -0.1) is 0 Å². The molecule has 6 nitrogen and oxygen atoms in total. The number of hydrogen-bond donors (Lipinski definition) is 2. The van der Waals surface area contributed by atoms with Gasteiger partial charge in [-0.25, -0.2) is 9.97 Å². The first-order valence-corrected chi connectivity index (χ1v) is 10.1. The predicted molar refractivity (Wildman–Crippen MR) is 116 cm³/mol. The first-order chi connectivity index (χ1) is 14.1. The zero-order valence-corrected chi connectivity index (χ0v) is 16.9. The number of benzene rings is 2. The molecule has 0 bridgehead atoms. The largest absolute Gasteiger partial charge is 0.497 e. The maximum absolute atomic E-state index is 12.4. The summed E-state index contributed by atoms with van der Waals surface area (Å²) in [7, 11) is 1.60. The Balaban J connectivity index is 1.50. The van der Waals surface area contributed by atoms with Gasteiger partial charge >= 0.3 is 0 Å². The smallest absolute Gasteiger partial charge is 0.234 e. The summed E-state index contributed by atoms with van der Waals surface area (Å²) in [5, 5.41) is 3.62. The fourth-order valence-electron chi connectivity index (χ4n) is 3.09. The number of hydrogen-bond acceptors (Lipinski definition) is 5. The molecule has 2 N–H and O–H groups in total. The number of H-pyrrole nitrogens is 1. The Kier molecular flexibility index (Phi) is 5.48. The number of anilines is 1. The molecule has 146 valence electrons. The Morgan fingerprint density at radius 1 is 1.17 bits per heavy atom. The molecule has 0 unspecified atom stereocenters. The van der Waals surface area contributed by atoms with Gasteiger partial charge in [0.05, 0.1) is 18.4 Å². The number of methoxy groups -OCH3 is 1. The molecule has 0 aliphatic rings. The SMILES string of the molecule is COc1cccc(NC(=O)CSc2ncnc3c(-c4cccc(C)c4)c[nH]c23)c1. The van der Waals surface area contributed by atoms with Crippen LogP contribution < -0.4 is 10.1 Å². The van der Waals surface area contributed by atoms with Gasteiger partial charge in [0.2, 0.25) is 5.91 Å². The Hall–Kier alpha value is -3.32. The van der Waals surface area contributed by atoms with Crippen molar-refractivity contribution in [3.8, 4) is 16.9 Å². The molecular formula is C22H20N4O2S. The van der Waals surface area contributed by atoms with Crippen molar-refractivity contribution in [3.63, 3.8) is 0 Å². The van der Waals surface area contributed by atoms with Crippen molar-refractivity contribution in [2.24, 2.45) is 0 Å². The lowest BCUT2D eigenvalue weighted by Gasteiger charge is -2.07. The molecule has 0 spiro atoms. The highest BCUT2D eigenvalue weighted by Gasteiger charge is 2.14. The Morgan fingerprint density at radius 3 is 2.86 bits per heavy atom. The maximum Gasteiger partial charge on any atom is 0.234 e. The van der Waals surface area contributed by atoms with Gasteiger partial charge in [0, 0.05) is 23.5 Å². The van der Waals surface area contributed by atoms with Crippen molar-refractivity contribution in [2.75, 3.05) is 18.2 Å². The van der Waals surface area contributed by atoms with E-state index in [0.717, 1.165) is 27.2 Å². The normalized spacial score (nSPS) is 10.8. The zero-order chi connectivity index (χ0) is 20.2. The van der Waals surface area contributed by atoms with E-state index >= 15 is 0 Å². The number of thioether (sulfide) groups is 1. The highest BCUT2D eigenvalue weighted by molar-refractivity contribution is 8.00. The first kappa shape index (κ1) is 19.0. The third-order valence-corrected chi connectivity index (χ3v) is 5.44. The van der Waals surface area contributed by atoms with E-state index in [4.69, 9.17) is 4.74 Å². The van der Waals surface area contributed by atoms with Gasteiger partial charge in [-0.05, 0) is 24.6 Å². The van der Waals surface area contributed by atoms with Crippen molar-refractivity contribution in [1.29, 1.82) is 0 Å². The summed E-state index contributed by atoms with van der Waals surface area (Å²) in [5.74, 6) is 0.825. The minimum Gasteiger partial charge on any atom is -0.497 e. The molecule has 7 heteroatoms. The molecule has 4 aromatic rings. The monoisotopic (exact) mass is 404 g/mol. The van der Waals surface area contributed by atoms with E-state index in [2.05, 4.69) is 45.4 Å². The van der Waals surface area contributed by atoms with Gasteiger partial charge < -0.3 is 15.0 Å². The van der Waals surface area contributed by atoms with E-state index < -0.39 is 0 Å². The molecular weight excluding hydrogens is 384 g/mol. The van der Waals surface area contributed by atoms with Crippen LogP contribution in [0.15, 0.2) is 66.1 Å². The standard InChI is InChI=1S/C22H20N4O2S/c1-14-5-3-6-15(9-14)18-11-23-21-20(18)24-13-25-22(21)29-12-19(27)26-16-7-4-8-17(10-16)28-2/h3-11,13,23H,12H2,1-2H3,(H,26,27). The van der Waals surface area contributed by atoms with Gasteiger partial charge in [-0.3, -0.25) is 4.79 Å². The van der Waals surface area contributed by atoms with E-state index in [1.54, 1.807) is 13.2 Å². The lowest BCUT2D eigenvalue weighted by molar-refractivity contribution is -0.113. The summed E-state index contributed by atoms with van der Waals surface area (Å²) >= 11 is 1.37.